The Balaban J connectivity index is 2.50. The standard InChI is InChI=1S/C14H25NO4/c1-13(2,3)18-11(16)9-7-10(15-8-9)12(17)19-14(4,5)6/h9-10,15H,7-8H2,1-6H3/t9-,10+/m1/s1. The van der Waals surface area contributed by atoms with Crippen molar-refractivity contribution in [1.82, 2.24) is 5.32 Å². The molecule has 2 atom stereocenters. The van der Waals surface area contributed by atoms with Gasteiger partial charge < -0.3 is 14.8 Å². The van der Waals surface area contributed by atoms with Crippen LogP contribution in [0.4, 0.5) is 0 Å². The summed E-state index contributed by atoms with van der Waals surface area (Å²) in [4.78, 5) is 23.8. The van der Waals surface area contributed by atoms with Gasteiger partial charge in [0, 0.05) is 6.54 Å². The second-order valence-corrected chi connectivity index (χ2v) is 6.96. The molecule has 0 spiro atoms. The van der Waals surface area contributed by atoms with Crippen molar-refractivity contribution in [1.29, 1.82) is 0 Å². The highest BCUT2D eigenvalue weighted by Gasteiger charge is 2.37. The van der Waals surface area contributed by atoms with E-state index in [1.54, 1.807) is 0 Å². The maximum absolute atomic E-state index is 11.9. The second-order valence-electron chi connectivity index (χ2n) is 6.96. The van der Waals surface area contributed by atoms with Crippen LogP contribution in [0.25, 0.3) is 0 Å². The number of esters is 2. The Kier molecular flexibility index (Phi) is 4.61. The SMILES string of the molecule is CC(C)(C)OC(=O)[C@H]1CN[C@H](C(=O)OC(C)(C)C)C1. The molecule has 0 bridgehead atoms. The van der Waals surface area contributed by atoms with Gasteiger partial charge in [-0.05, 0) is 48.0 Å². The van der Waals surface area contributed by atoms with Gasteiger partial charge in [0.1, 0.15) is 17.2 Å². The number of rotatable bonds is 2. The summed E-state index contributed by atoms with van der Waals surface area (Å²) in [5.41, 5.74) is -1.01. The maximum atomic E-state index is 11.9. The summed E-state index contributed by atoms with van der Waals surface area (Å²) in [6.45, 7) is 11.4. The Labute approximate surface area is 115 Å². The van der Waals surface area contributed by atoms with Crippen LogP contribution in [-0.4, -0.2) is 35.7 Å². The fraction of sp³-hybridized carbons (Fsp3) is 0.857. The maximum Gasteiger partial charge on any atom is 0.323 e. The lowest BCUT2D eigenvalue weighted by Gasteiger charge is -2.22. The number of carbonyl (C=O) groups excluding carboxylic acids is 2. The summed E-state index contributed by atoms with van der Waals surface area (Å²) in [7, 11) is 0. The zero-order chi connectivity index (χ0) is 14.8. The van der Waals surface area contributed by atoms with E-state index in [4.69, 9.17) is 9.47 Å². The van der Waals surface area contributed by atoms with Gasteiger partial charge in [-0.15, -0.1) is 0 Å². The number of ether oxygens (including phenoxy) is 2. The molecule has 1 aliphatic rings. The average Bonchev–Trinajstić information content (AvgIpc) is 2.60. The molecule has 1 aliphatic heterocycles. The van der Waals surface area contributed by atoms with Gasteiger partial charge in [0.25, 0.3) is 0 Å². The molecule has 0 saturated carbocycles. The third-order valence-corrected chi connectivity index (χ3v) is 2.56. The smallest absolute Gasteiger partial charge is 0.323 e. The zero-order valence-electron chi connectivity index (χ0n) is 12.7. The van der Waals surface area contributed by atoms with Crippen molar-refractivity contribution < 1.29 is 19.1 Å². The lowest BCUT2D eigenvalue weighted by molar-refractivity contribution is -0.159. The molecule has 0 radical (unpaired) electrons. The van der Waals surface area contributed by atoms with Crippen molar-refractivity contribution in [2.24, 2.45) is 5.92 Å². The Morgan fingerprint density at radius 2 is 1.42 bits per heavy atom. The van der Waals surface area contributed by atoms with Crippen molar-refractivity contribution in [3.05, 3.63) is 0 Å². The minimum absolute atomic E-state index is 0.258. The van der Waals surface area contributed by atoms with E-state index in [1.807, 2.05) is 41.5 Å². The van der Waals surface area contributed by atoms with Crippen molar-refractivity contribution in [3.63, 3.8) is 0 Å². The number of hydrogen-bond acceptors (Lipinski definition) is 5. The molecule has 1 fully saturated rings. The minimum Gasteiger partial charge on any atom is -0.460 e. The molecule has 110 valence electrons. The molecule has 1 heterocycles. The Bertz CT molecular complexity index is 317. The highest BCUT2D eigenvalue weighted by molar-refractivity contribution is 5.80. The second kappa shape index (κ2) is 5.49. The molecule has 0 aromatic carbocycles. The lowest BCUT2D eigenvalue weighted by Crippen LogP contribution is -2.37. The normalized spacial score (nSPS) is 24.1. The molecule has 0 aromatic rings. The zero-order valence-corrected chi connectivity index (χ0v) is 12.7. The monoisotopic (exact) mass is 271 g/mol. The highest BCUT2D eigenvalue weighted by atomic mass is 16.6. The third-order valence-electron chi connectivity index (χ3n) is 2.56. The van der Waals surface area contributed by atoms with Crippen molar-refractivity contribution in [2.75, 3.05) is 6.54 Å². The Morgan fingerprint density at radius 1 is 0.947 bits per heavy atom. The van der Waals surface area contributed by atoms with Crippen LogP contribution in [0.1, 0.15) is 48.0 Å². The molecule has 1 saturated heterocycles. The number of nitrogens with one attached hydrogen (secondary N) is 1. The fourth-order valence-electron chi connectivity index (χ4n) is 1.85. The molecule has 0 amide bonds. The predicted octanol–water partition coefficient (Wildman–Crippen LogP) is 1.65. The van der Waals surface area contributed by atoms with Crippen LogP contribution in [0, 0.1) is 5.92 Å². The molecule has 5 heteroatoms. The first-order valence-corrected chi connectivity index (χ1v) is 6.67. The highest BCUT2D eigenvalue weighted by Crippen LogP contribution is 2.21. The van der Waals surface area contributed by atoms with Crippen LogP contribution in [0.15, 0.2) is 0 Å². The topological polar surface area (TPSA) is 64.6 Å². The van der Waals surface area contributed by atoms with Crippen molar-refractivity contribution in [3.8, 4) is 0 Å². The molecule has 5 nitrogen and oxygen atoms in total. The molecular formula is C14H25NO4. The van der Waals surface area contributed by atoms with Gasteiger partial charge in [-0.3, -0.25) is 9.59 Å². The average molecular weight is 271 g/mol. The predicted molar refractivity (Wildman–Crippen MR) is 71.6 cm³/mol. The molecule has 0 aromatic heterocycles. The molecule has 1 N–H and O–H groups in total. The van der Waals surface area contributed by atoms with Gasteiger partial charge in [0.2, 0.25) is 0 Å². The van der Waals surface area contributed by atoms with Gasteiger partial charge in [0.05, 0.1) is 5.92 Å². The van der Waals surface area contributed by atoms with E-state index >= 15 is 0 Å². The number of hydrogen-bond donors (Lipinski definition) is 1. The molecule has 19 heavy (non-hydrogen) atoms. The summed E-state index contributed by atoms with van der Waals surface area (Å²) in [6, 6.07) is -0.420. The lowest BCUT2D eigenvalue weighted by atomic mass is 10.1. The third kappa shape index (κ3) is 5.59. The summed E-state index contributed by atoms with van der Waals surface area (Å²) in [5.74, 6) is -0.846. The van der Waals surface area contributed by atoms with E-state index in [1.165, 1.54) is 0 Å². The Hall–Kier alpha value is -1.10. The summed E-state index contributed by atoms with van der Waals surface area (Å²) in [6.07, 6.45) is 0.434. The molecular weight excluding hydrogens is 246 g/mol. The van der Waals surface area contributed by atoms with Gasteiger partial charge in [-0.25, -0.2) is 0 Å². The van der Waals surface area contributed by atoms with Crippen LogP contribution in [-0.2, 0) is 19.1 Å². The van der Waals surface area contributed by atoms with E-state index in [0.717, 1.165) is 0 Å². The largest absolute Gasteiger partial charge is 0.460 e. The fourth-order valence-corrected chi connectivity index (χ4v) is 1.85. The minimum atomic E-state index is -0.511. The van der Waals surface area contributed by atoms with E-state index in [-0.39, 0.29) is 17.9 Å². The number of carbonyl (C=O) groups is 2. The first kappa shape index (κ1) is 16.0. The van der Waals surface area contributed by atoms with E-state index in [2.05, 4.69) is 5.32 Å². The van der Waals surface area contributed by atoms with Gasteiger partial charge in [0.15, 0.2) is 0 Å². The van der Waals surface area contributed by atoms with Crippen LogP contribution >= 0.6 is 0 Å². The van der Waals surface area contributed by atoms with Crippen LogP contribution in [0.3, 0.4) is 0 Å². The molecule has 1 rings (SSSR count). The van der Waals surface area contributed by atoms with Crippen molar-refractivity contribution in [2.45, 2.75) is 65.2 Å². The van der Waals surface area contributed by atoms with Gasteiger partial charge in [-0.1, -0.05) is 0 Å². The van der Waals surface area contributed by atoms with Crippen LogP contribution in [0.2, 0.25) is 0 Å². The quantitative estimate of drug-likeness (QED) is 0.774. The summed E-state index contributed by atoms with van der Waals surface area (Å²) >= 11 is 0. The van der Waals surface area contributed by atoms with E-state index < -0.39 is 17.2 Å². The van der Waals surface area contributed by atoms with E-state index in [9.17, 15) is 9.59 Å². The van der Waals surface area contributed by atoms with Gasteiger partial charge >= 0.3 is 11.9 Å². The van der Waals surface area contributed by atoms with Crippen LogP contribution in [0.5, 0.6) is 0 Å². The first-order valence-electron chi connectivity index (χ1n) is 6.67. The van der Waals surface area contributed by atoms with Gasteiger partial charge in [-0.2, -0.15) is 0 Å². The summed E-state index contributed by atoms with van der Waals surface area (Å²) < 4.78 is 10.6. The van der Waals surface area contributed by atoms with E-state index in [0.29, 0.717) is 13.0 Å². The molecule has 0 aliphatic carbocycles. The van der Waals surface area contributed by atoms with Crippen LogP contribution < -0.4 is 5.32 Å². The molecule has 0 unspecified atom stereocenters. The first-order chi connectivity index (χ1) is 8.48. The van der Waals surface area contributed by atoms with Crippen molar-refractivity contribution >= 4 is 11.9 Å². The summed E-state index contributed by atoms with van der Waals surface area (Å²) in [5, 5.41) is 3.02. The Morgan fingerprint density at radius 3 is 1.89 bits per heavy atom.